The van der Waals surface area contributed by atoms with E-state index < -0.39 is 10.9 Å². The first-order valence-electron chi connectivity index (χ1n) is 3.26. The molecule has 0 radical (unpaired) electrons. The van der Waals surface area contributed by atoms with Gasteiger partial charge in [-0.1, -0.05) is 0 Å². The molecule has 0 bridgehead atoms. The second-order valence-electron chi connectivity index (χ2n) is 2.18. The van der Waals surface area contributed by atoms with E-state index in [1.54, 1.807) is 0 Å². The molecule has 12 heavy (non-hydrogen) atoms. The molecule has 4 nitrogen and oxygen atoms in total. The molecule has 0 fully saturated rings. The van der Waals surface area contributed by atoms with Gasteiger partial charge in [0.2, 0.25) is 5.91 Å². The normalized spacial score (nSPS) is 13.2. The number of alkyl halides is 2. The topological polar surface area (TPSA) is 49.8 Å². The van der Waals surface area contributed by atoms with Gasteiger partial charge in [-0.3, -0.25) is 9.63 Å². The molecule has 0 aliphatic rings. The van der Waals surface area contributed by atoms with Crippen molar-refractivity contribution in [3.05, 3.63) is 0 Å². The Morgan fingerprint density at radius 2 is 2.17 bits per heavy atom. The summed E-state index contributed by atoms with van der Waals surface area (Å²) in [6, 6.07) is 0. The summed E-state index contributed by atoms with van der Waals surface area (Å²) >= 11 is 10.6. The quantitative estimate of drug-likeness (QED) is 0.551. The molecule has 0 aliphatic heterocycles. The summed E-state index contributed by atoms with van der Waals surface area (Å²) in [7, 11) is 2.79. The van der Waals surface area contributed by atoms with Crippen LogP contribution in [0.15, 0.2) is 0 Å². The van der Waals surface area contributed by atoms with Crippen LogP contribution >= 0.6 is 23.2 Å². The zero-order valence-corrected chi connectivity index (χ0v) is 8.34. The van der Waals surface area contributed by atoms with E-state index >= 15 is 0 Å². The van der Waals surface area contributed by atoms with Crippen molar-refractivity contribution in [3.63, 3.8) is 0 Å². The Morgan fingerprint density at radius 3 is 2.50 bits per heavy atom. The Bertz CT molecular complexity index is 154. The van der Waals surface area contributed by atoms with Crippen LogP contribution in [0.1, 0.15) is 6.42 Å². The summed E-state index contributed by atoms with van der Waals surface area (Å²) < 4.78 is 0. The first-order chi connectivity index (χ1) is 5.49. The van der Waals surface area contributed by atoms with Gasteiger partial charge in [0.1, 0.15) is 4.84 Å². The number of carbonyl (C=O) groups is 1. The predicted octanol–water partition coefficient (Wildman–Crippen LogP) is 0.561. The molecule has 6 heteroatoms. The van der Waals surface area contributed by atoms with E-state index in [4.69, 9.17) is 28.3 Å². The van der Waals surface area contributed by atoms with Gasteiger partial charge < -0.3 is 5.11 Å². The summed E-state index contributed by atoms with van der Waals surface area (Å²) in [5, 5.41) is 10.1. The average molecular weight is 216 g/mol. The van der Waals surface area contributed by atoms with Crippen molar-refractivity contribution in [2.24, 2.45) is 0 Å². The van der Waals surface area contributed by atoms with Crippen molar-refractivity contribution in [3.8, 4) is 0 Å². The van der Waals surface area contributed by atoms with Crippen LogP contribution in [0.3, 0.4) is 0 Å². The number of halogens is 2. The third kappa shape index (κ3) is 4.11. The Hall–Kier alpha value is -0.0300. The van der Waals surface area contributed by atoms with E-state index in [0.717, 1.165) is 5.06 Å². The largest absolute Gasteiger partial charge is 0.390 e. The van der Waals surface area contributed by atoms with E-state index in [0.29, 0.717) is 0 Å². The van der Waals surface area contributed by atoms with Crippen LogP contribution in [0.4, 0.5) is 0 Å². The number of carbonyl (C=O) groups excluding carboxylic acids is 1. The second-order valence-corrected chi connectivity index (χ2v) is 3.34. The number of rotatable bonds is 4. The molecular formula is C6H11Cl2NO3. The van der Waals surface area contributed by atoms with Crippen molar-refractivity contribution in [1.29, 1.82) is 0 Å². The number of hydrogen-bond donors (Lipinski definition) is 1. The molecule has 0 heterocycles. The standard InChI is InChI=1S/C6H11Cl2NO3/c1-9(12-2)5(11)3-4(10)6(7)8/h4,6,10H,3H2,1-2H3/t4-/m1/s1. The maximum absolute atomic E-state index is 11.0. The maximum Gasteiger partial charge on any atom is 0.248 e. The number of amides is 1. The number of aliphatic hydroxyl groups is 1. The summed E-state index contributed by atoms with van der Waals surface area (Å²) in [5.74, 6) is -0.378. The van der Waals surface area contributed by atoms with Crippen LogP contribution in [-0.2, 0) is 9.63 Å². The highest BCUT2D eigenvalue weighted by atomic mass is 35.5. The predicted molar refractivity (Wildman–Crippen MR) is 45.9 cm³/mol. The van der Waals surface area contributed by atoms with Gasteiger partial charge in [-0.25, -0.2) is 5.06 Å². The van der Waals surface area contributed by atoms with Gasteiger partial charge in [-0.15, -0.1) is 23.2 Å². The third-order valence-corrected chi connectivity index (χ3v) is 1.88. The molecule has 0 saturated carbocycles. The van der Waals surface area contributed by atoms with Gasteiger partial charge in [-0.2, -0.15) is 0 Å². The maximum atomic E-state index is 11.0. The molecule has 1 atom stereocenters. The third-order valence-electron chi connectivity index (χ3n) is 1.30. The van der Waals surface area contributed by atoms with Crippen LogP contribution in [-0.4, -0.2) is 41.2 Å². The van der Waals surface area contributed by atoms with Gasteiger partial charge in [0.25, 0.3) is 0 Å². The molecule has 0 aromatic heterocycles. The second kappa shape index (κ2) is 5.59. The fourth-order valence-corrected chi connectivity index (χ4v) is 0.677. The van der Waals surface area contributed by atoms with E-state index in [1.165, 1.54) is 14.2 Å². The van der Waals surface area contributed by atoms with Gasteiger partial charge in [0.15, 0.2) is 0 Å². The molecule has 72 valence electrons. The number of hydrogen-bond acceptors (Lipinski definition) is 3. The van der Waals surface area contributed by atoms with Gasteiger partial charge in [-0.05, 0) is 0 Å². The van der Waals surface area contributed by atoms with E-state index in [9.17, 15) is 4.79 Å². The van der Waals surface area contributed by atoms with Crippen LogP contribution in [0.5, 0.6) is 0 Å². The summed E-state index contributed by atoms with van der Waals surface area (Å²) in [6.45, 7) is 0. The fourth-order valence-electron chi connectivity index (χ4n) is 0.498. The molecule has 0 aliphatic carbocycles. The molecule has 0 rings (SSSR count). The zero-order valence-electron chi connectivity index (χ0n) is 6.83. The lowest BCUT2D eigenvalue weighted by molar-refractivity contribution is -0.170. The fraction of sp³-hybridized carbons (Fsp3) is 0.833. The zero-order chi connectivity index (χ0) is 9.72. The minimum Gasteiger partial charge on any atom is -0.390 e. The Labute approximate surface area is 81.0 Å². The summed E-state index contributed by atoms with van der Waals surface area (Å²) in [6.07, 6.45) is -1.21. The van der Waals surface area contributed by atoms with Crippen molar-refractivity contribution < 1.29 is 14.7 Å². The van der Waals surface area contributed by atoms with Crippen molar-refractivity contribution in [2.45, 2.75) is 17.4 Å². The smallest absolute Gasteiger partial charge is 0.248 e. The lowest BCUT2D eigenvalue weighted by Gasteiger charge is -2.16. The Morgan fingerprint density at radius 1 is 1.67 bits per heavy atom. The number of hydroxylamine groups is 2. The van der Waals surface area contributed by atoms with Gasteiger partial charge in [0, 0.05) is 7.05 Å². The average Bonchev–Trinajstić information content (AvgIpc) is 2.02. The highest BCUT2D eigenvalue weighted by Gasteiger charge is 2.19. The Balaban J connectivity index is 3.84. The SMILES string of the molecule is CON(C)C(=O)C[C@@H](O)C(Cl)Cl. The summed E-state index contributed by atoms with van der Waals surface area (Å²) in [5.41, 5.74) is 0. The minimum atomic E-state index is -1.06. The highest BCUT2D eigenvalue weighted by Crippen LogP contribution is 2.11. The number of aliphatic hydroxyl groups excluding tert-OH is 1. The van der Waals surface area contributed by atoms with Crippen molar-refractivity contribution in [2.75, 3.05) is 14.2 Å². The van der Waals surface area contributed by atoms with Gasteiger partial charge >= 0.3 is 0 Å². The molecule has 0 spiro atoms. The van der Waals surface area contributed by atoms with Crippen LogP contribution in [0.2, 0.25) is 0 Å². The first kappa shape index (κ1) is 12.0. The lowest BCUT2D eigenvalue weighted by atomic mass is 10.3. The van der Waals surface area contributed by atoms with E-state index in [2.05, 4.69) is 4.84 Å². The van der Waals surface area contributed by atoms with E-state index in [1.807, 2.05) is 0 Å². The Kier molecular flexibility index (Phi) is 5.57. The van der Waals surface area contributed by atoms with Crippen LogP contribution in [0, 0.1) is 0 Å². The molecular weight excluding hydrogens is 205 g/mol. The minimum absolute atomic E-state index is 0.151. The van der Waals surface area contributed by atoms with Crippen molar-refractivity contribution in [1.82, 2.24) is 5.06 Å². The van der Waals surface area contributed by atoms with E-state index in [-0.39, 0.29) is 12.3 Å². The molecule has 1 N–H and O–H groups in total. The molecule has 1 amide bonds. The highest BCUT2D eigenvalue weighted by molar-refractivity contribution is 6.44. The van der Waals surface area contributed by atoms with Crippen LogP contribution < -0.4 is 0 Å². The monoisotopic (exact) mass is 215 g/mol. The first-order valence-corrected chi connectivity index (χ1v) is 4.13. The molecule has 0 saturated heterocycles. The molecule has 0 aromatic rings. The lowest BCUT2D eigenvalue weighted by Crippen LogP contribution is -2.31. The summed E-state index contributed by atoms with van der Waals surface area (Å²) in [4.78, 5) is 14.6. The number of nitrogens with zero attached hydrogens (tertiary/aromatic N) is 1. The van der Waals surface area contributed by atoms with Crippen LogP contribution in [0.25, 0.3) is 0 Å². The van der Waals surface area contributed by atoms with Gasteiger partial charge in [0.05, 0.1) is 19.6 Å². The van der Waals surface area contributed by atoms with Crippen molar-refractivity contribution >= 4 is 29.1 Å². The molecule has 0 unspecified atom stereocenters. The molecule has 0 aromatic carbocycles.